The molecule has 0 aromatic carbocycles. The molecule has 1 unspecified atom stereocenters. The average Bonchev–Trinajstić information content (AvgIpc) is 2.43. The van der Waals surface area contributed by atoms with Crippen molar-refractivity contribution < 1.29 is 0 Å². The minimum atomic E-state index is 0.790. The molecule has 1 aliphatic carbocycles. The summed E-state index contributed by atoms with van der Waals surface area (Å²) in [4.78, 5) is 0. The molecule has 1 nitrogen and oxygen atoms in total. The van der Waals surface area contributed by atoms with E-state index in [0.29, 0.717) is 0 Å². The van der Waals surface area contributed by atoms with Crippen molar-refractivity contribution in [2.75, 3.05) is 6.54 Å². The first kappa shape index (κ1) is 16.0. The SMILES string of the molecule is CCNC(CC(CC)CC)C1CCC(CC)CC1. The molecule has 1 aliphatic rings. The fraction of sp³-hybridized carbons (Fsp3) is 1.00. The number of nitrogens with one attached hydrogen (secondary N) is 1. The van der Waals surface area contributed by atoms with Gasteiger partial charge in [-0.1, -0.05) is 59.8 Å². The van der Waals surface area contributed by atoms with Crippen molar-refractivity contribution in [3.63, 3.8) is 0 Å². The molecule has 1 saturated carbocycles. The first-order valence-corrected chi connectivity index (χ1v) is 8.48. The van der Waals surface area contributed by atoms with Crippen molar-refractivity contribution >= 4 is 0 Å². The van der Waals surface area contributed by atoms with Crippen LogP contribution in [0.1, 0.15) is 79.1 Å². The molecule has 1 atom stereocenters. The van der Waals surface area contributed by atoms with Gasteiger partial charge in [-0.3, -0.25) is 0 Å². The first-order chi connectivity index (χ1) is 8.74. The maximum atomic E-state index is 3.78. The number of rotatable bonds is 8. The van der Waals surface area contributed by atoms with E-state index in [4.69, 9.17) is 0 Å². The van der Waals surface area contributed by atoms with E-state index in [1.54, 1.807) is 0 Å². The molecular formula is C17H35N. The molecular weight excluding hydrogens is 218 g/mol. The Bertz CT molecular complexity index is 190. The van der Waals surface area contributed by atoms with Gasteiger partial charge in [0.1, 0.15) is 0 Å². The van der Waals surface area contributed by atoms with Crippen LogP contribution in [0.15, 0.2) is 0 Å². The molecule has 0 spiro atoms. The Morgan fingerprint density at radius 3 is 2.00 bits per heavy atom. The minimum Gasteiger partial charge on any atom is -0.314 e. The highest BCUT2D eigenvalue weighted by atomic mass is 14.9. The molecule has 1 fully saturated rings. The van der Waals surface area contributed by atoms with Crippen molar-refractivity contribution in [1.29, 1.82) is 0 Å². The fourth-order valence-electron chi connectivity index (χ4n) is 3.68. The van der Waals surface area contributed by atoms with E-state index in [9.17, 15) is 0 Å². The molecule has 0 amide bonds. The van der Waals surface area contributed by atoms with Gasteiger partial charge in [-0.2, -0.15) is 0 Å². The van der Waals surface area contributed by atoms with Crippen LogP contribution in [0.3, 0.4) is 0 Å². The van der Waals surface area contributed by atoms with Crippen LogP contribution in [0.4, 0.5) is 0 Å². The van der Waals surface area contributed by atoms with Gasteiger partial charge in [0, 0.05) is 6.04 Å². The summed E-state index contributed by atoms with van der Waals surface area (Å²) in [7, 11) is 0. The quantitative estimate of drug-likeness (QED) is 0.641. The molecule has 0 saturated heterocycles. The van der Waals surface area contributed by atoms with Crippen molar-refractivity contribution in [2.45, 2.75) is 85.1 Å². The Morgan fingerprint density at radius 2 is 1.56 bits per heavy atom. The Hall–Kier alpha value is -0.0400. The van der Waals surface area contributed by atoms with Gasteiger partial charge < -0.3 is 5.32 Å². The van der Waals surface area contributed by atoms with E-state index < -0.39 is 0 Å². The Morgan fingerprint density at radius 1 is 0.944 bits per heavy atom. The zero-order valence-corrected chi connectivity index (χ0v) is 13.2. The highest BCUT2D eigenvalue weighted by Gasteiger charge is 2.27. The second-order valence-corrected chi connectivity index (χ2v) is 6.27. The zero-order valence-electron chi connectivity index (χ0n) is 13.2. The van der Waals surface area contributed by atoms with Gasteiger partial charge in [0.15, 0.2) is 0 Å². The lowest BCUT2D eigenvalue weighted by atomic mass is 9.75. The largest absolute Gasteiger partial charge is 0.314 e. The predicted molar refractivity (Wildman–Crippen MR) is 81.9 cm³/mol. The molecule has 108 valence electrons. The summed E-state index contributed by atoms with van der Waals surface area (Å²) in [5, 5.41) is 3.78. The van der Waals surface area contributed by atoms with Gasteiger partial charge >= 0.3 is 0 Å². The second-order valence-electron chi connectivity index (χ2n) is 6.27. The number of hydrogen-bond acceptors (Lipinski definition) is 1. The van der Waals surface area contributed by atoms with Gasteiger partial charge in [0.25, 0.3) is 0 Å². The molecule has 0 aromatic heterocycles. The third kappa shape index (κ3) is 4.91. The highest BCUT2D eigenvalue weighted by molar-refractivity contribution is 4.83. The summed E-state index contributed by atoms with van der Waals surface area (Å²) < 4.78 is 0. The molecule has 0 aromatic rings. The lowest BCUT2D eigenvalue weighted by molar-refractivity contribution is 0.195. The first-order valence-electron chi connectivity index (χ1n) is 8.48. The Kier molecular flexibility index (Phi) is 7.97. The van der Waals surface area contributed by atoms with Crippen LogP contribution < -0.4 is 5.32 Å². The summed E-state index contributed by atoms with van der Waals surface area (Å²) in [6, 6.07) is 0.790. The Balaban J connectivity index is 2.46. The maximum Gasteiger partial charge on any atom is 0.00978 e. The number of hydrogen-bond donors (Lipinski definition) is 1. The molecule has 18 heavy (non-hydrogen) atoms. The van der Waals surface area contributed by atoms with Crippen LogP contribution in [-0.4, -0.2) is 12.6 Å². The van der Waals surface area contributed by atoms with Crippen LogP contribution >= 0.6 is 0 Å². The van der Waals surface area contributed by atoms with Crippen LogP contribution in [-0.2, 0) is 0 Å². The van der Waals surface area contributed by atoms with Crippen molar-refractivity contribution in [2.24, 2.45) is 17.8 Å². The van der Waals surface area contributed by atoms with Crippen LogP contribution in [0.25, 0.3) is 0 Å². The molecule has 1 heteroatoms. The molecule has 0 radical (unpaired) electrons. The highest BCUT2D eigenvalue weighted by Crippen LogP contribution is 2.34. The molecule has 0 aliphatic heterocycles. The van der Waals surface area contributed by atoms with Crippen molar-refractivity contribution in [3.05, 3.63) is 0 Å². The van der Waals surface area contributed by atoms with Crippen LogP contribution in [0, 0.1) is 17.8 Å². The third-order valence-electron chi connectivity index (χ3n) is 5.25. The molecule has 1 N–H and O–H groups in total. The van der Waals surface area contributed by atoms with E-state index in [2.05, 4.69) is 33.0 Å². The summed E-state index contributed by atoms with van der Waals surface area (Å²) in [6.45, 7) is 10.5. The standard InChI is InChI=1S/C17H35N/c1-5-14(6-2)13-17(18-8-4)16-11-9-15(7-3)10-12-16/h14-18H,5-13H2,1-4H3. The van der Waals surface area contributed by atoms with E-state index in [1.807, 2.05) is 0 Å². The van der Waals surface area contributed by atoms with E-state index >= 15 is 0 Å². The minimum absolute atomic E-state index is 0.790. The van der Waals surface area contributed by atoms with Gasteiger partial charge in [0.05, 0.1) is 0 Å². The Labute approximate surface area is 115 Å². The predicted octanol–water partition coefficient (Wildman–Crippen LogP) is 5.01. The molecule has 1 rings (SSSR count). The van der Waals surface area contributed by atoms with Gasteiger partial charge in [-0.15, -0.1) is 0 Å². The second kappa shape index (κ2) is 8.96. The smallest absolute Gasteiger partial charge is 0.00978 e. The zero-order chi connectivity index (χ0) is 13.4. The van der Waals surface area contributed by atoms with E-state index in [0.717, 1.165) is 30.3 Å². The maximum absolute atomic E-state index is 3.78. The van der Waals surface area contributed by atoms with Gasteiger partial charge in [-0.25, -0.2) is 0 Å². The van der Waals surface area contributed by atoms with Crippen molar-refractivity contribution in [1.82, 2.24) is 5.32 Å². The third-order valence-corrected chi connectivity index (χ3v) is 5.25. The fourth-order valence-corrected chi connectivity index (χ4v) is 3.68. The average molecular weight is 253 g/mol. The van der Waals surface area contributed by atoms with Gasteiger partial charge in [0.2, 0.25) is 0 Å². The van der Waals surface area contributed by atoms with Crippen LogP contribution in [0.5, 0.6) is 0 Å². The van der Waals surface area contributed by atoms with E-state index in [-0.39, 0.29) is 0 Å². The topological polar surface area (TPSA) is 12.0 Å². The van der Waals surface area contributed by atoms with E-state index in [1.165, 1.54) is 51.4 Å². The normalized spacial score (nSPS) is 26.5. The lowest BCUT2D eigenvalue weighted by Gasteiger charge is -2.35. The summed E-state index contributed by atoms with van der Waals surface area (Å²) in [6.07, 6.45) is 11.4. The monoisotopic (exact) mass is 253 g/mol. The lowest BCUT2D eigenvalue weighted by Crippen LogP contribution is -2.39. The summed E-state index contributed by atoms with van der Waals surface area (Å²) in [5.41, 5.74) is 0. The van der Waals surface area contributed by atoms with Crippen molar-refractivity contribution in [3.8, 4) is 0 Å². The summed E-state index contributed by atoms with van der Waals surface area (Å²) in [5.74, 6) is 2.91. The molecule has 0 bridgehead atoms. The summed E-state index contributed by atoms with van der Waals surface area (Å²) >= 11 is 0. The van der Waals surface area contributed by atoms with Gasteiger partial charge in [-0.05, 0) is 43.6 Å². The van der Waals surface area contributed by atoms with Crippen LogP contribution in [0.2, 0.25) is 0 Å². The molecule has 0 heterocycles.